The van der Waals surface area contributed by atoms with Crippen molar-refractivity contribution in [3.05, 3.63) is 28.8 Å². The van der Waals surface area contributed by atoms with Gasteiger partial charge in [-0.2, -0.15) is 4.31 Å². The summed E-state index contributed by atoms with van der Waals surface area (Å²) in [6.45, 7) is 12.1. The zero-order valence-electron chi connectivity index (χ0n) is 14.8. The van der Waals surface area contributed by atoms with E-state index < -0.39 is 10.0 Å². The summed E-state index contributed by atoms with van der Waals surface area (Å²) in [7, 11) is -3.66. The molecule has 2 rings (SSSR count). The Hall–Kier alpha value is -1.40. The molecule has 0 unspecified atom stereocenters. The Balaban J connectivity index is 2.35. The van der Waals surface area contributed by atoms with Gasteiger partial charge in [-0.05, 0) is 52.7 Å². The number of nitrogens with zero attached hydrogens (tertiary/aromatic N) is 2. The normalized spacial score (nSPS) is 17.7. The summed E-state index contributed by atoms with van der Waals surface area (Å²) < 4.78 is 27.3. The van der Waals surface area contributed by atoms with Crippen LogP contribution < -0.4 is 0 Å². The fourth-order valence-corrected chi connectivity index (χ4v) is 5.06. The molecule has 0 bridgehead atoms. The average Bonchev–Trinajstić information content (AvgIpc) is 2.35. The second-order valence-corrected chi connectivity index (χ2v) is 9.16. The van der Waals surface area contributed by atoms with Crippen LogP contribution in [0.15, 0.2) is 17.0 Å². The minimum absolute atomic E-state index is 0.0909. The summed E-state index contributed by atoms with van der Waals surface area (Å²) in [5, 5.41) is 0. The largest absolute Gasteiger partial charge is 0.335 e. The molecule has 5 nitrogen and oxygen atoms in total. The highest BCUT2D eigenvalue weighted by atomic mass is 32.2. The first-order valence-corrected chi connectivity index (χ1v) is 9.27. The smallest absolute Gasteiger partial charge is 0.244 e. The number of piperazine rings is 1. The maximum Gasteiger partial charge on any atom is 0.244 e. The van der Waals surface area contributed by atoms with Gasteiger partial charge in [-0.25, -0.2) is 8.42 Å². The van der Waals surface area contributed by atoms with E-state index in [0.29, 0.717) is 18.0 Å². The van der Waals surface area contributed by atoms with Gasteiger partial charge in [-0.1, -0.05) is 17.7 Å². The number of aryl methyl sites for hydroxylation is 3. The van der Waals surface area contributed by atoms with Gasteiger partial charge in [-0.15, -0.1) is 0 Å². The minimum Gasteiger partial charge on any atom is -0.335 e. The van der Waals surface area contributed by atoms with Crippen molar-refractivity contribution in [2.24, 2.45) is 0 Å². The van der Waals surface area contributed by atoms with Crippen molar-refractivity contribution in [1.29, 1.82) is 0 Å². The number of benzene rings is 1. The maximum absolute atomic E-state index is 13.0. The summed E-state index contributed by atoms with van der Waals surface area (Å²) >= 11 is 0. The molecule has 0 spiro atoms. The zero-order valence-corrected chi connectivity index (χ0v) is 15.6. The van der Waals surface area contributed by atoms with Gasteiger partial charge in [0.15, 0.2) is 0 Å². The predicted molar refractivity (Wildman–Crippen MR) is 90.9 cm³/mol. The van der Waals surface area contributed by atoms with Crippen molar-refractivity contribution in [3.8, 4) is 0 Å². The summed E-state index contributed by atoms with van der Waals surface area (Å²) in [5.74, 6) is -0.144. The molecule has 1 fully saturated rings. The number of hydrogen-bond donors (Lipinski definition) is 0. The third kappa shape index (κ3) is 3.43. The number of sulfonamides is 1. The van der Waals surface area contributed by atoms with Crippen molar-refractivity contribution < 1.29 is 13.2 Å². The molecule has 1 aromatic rings. The van der Waals surface area contributed by atoms with Gasteiger partial charge in [0.2, 0.25) is 15.9 Å². The lowest BCUT2D eigenvalue weighted by Gasteiger charge is -2.41. The Morgan fingerprint density at radius 2 is 1.52 bits per heavy atom. The van der Waals surface area contributed by atoms with Gasteiger partial charge in [0.1, 0.15) is 0 Å². The van der Waals surface area contributed by atoms with Crippen LogP contribution in [0.3, 0.4) is 0 Å². The molecular weight excluding hydrogens is 312 g/mol. The monoisotopic (exact) mass is 338 g/mol. The van der Waals surface area contributed by atoms with E-state index in [9.17, 15) is 13.2 Å². The van der Waals surface area contributed by atoms with Crippen molar-refractivity contribution in [2.45, 2.75) is 52.0 Å². The highest BCUT2D eigenvalue weighted by molar-refractivity contribution is 7.89. The van der Waals surface area contributed by atoms with Gasteiger partial charge in [0.25, 0.3) is 0 Å². The topological polar surface area (TPSA) is 57.7 Å². The van der Waals surface area contributed by atoms with Gasteiger partial charge in [-0.3, -0.25) is 4.79 Å². The number of rotatable bonds is 2. The van der Waals surface area contributed by atoms with Crippen LogP contribution in [-0.2, 0) is 14.8 Å². The van der Waals surface area contributed by atoms with E-state index in [-0.39, 0.29) is 18.0 Å². The molecule has 6 heteroatoms. The Labute approximate surface area is 139 Å². The van der Waals surface area contributed by atoms with Crippen LogP contribution >= 0.6 is 0 Å². The van der Waals surface area contributed by atoms with Gasteiger partial charge < -0.3 is 4.90 Å². The van der Waals surface area contributed by atoms with E-state index in [1.54, 1.807) is 18.7 Å². The summed E-state index contributed by atoms with van der Waals surface area (Å²) in [5.41, 5.74) is 2.21. The molecule has 128 valence electrons. The van der Waals surface area contributed by atoms with Crippen LogP contribution in [0, 0.1) is 20.8 Å². The third-order valence-corrected chi connectivity index (χ3v) is 6.35. The molecule has 0 atom stereocenters. The first-order chi connectivity index (χ1) is 10.4. The molecule has 1 aromatic carbocycles. The van der Waals surface area contributed by atoms with E-state index in [4.69, 9.17) is 0 Å². The molecule has 0 aliphatic carbocycles. The molecule has 1 amide bonds. The quantitative estimate of drug-likeness (QED) is 0.831. The van der Waals surface area contributed by atoms with Crippen molar-refractivity contribution in [2.75, 3.05) is 19.6 Å². The lowest BCUT2D eigenvalue weighted by Crippen LogP contribution is -2.57. The molecular formula is C17H26N2O3S. The first kappa shape index (κ1) is 17.9. The highest BCUT2D eigenvalue weighted by Crippen LogP contribution is 2.27. The number of carbonyl (C=O) groups excluding carboxylic acids is 1. The van der Waals surface area contributed by atoms with Crippen LogP contribution in [0.25, 0.3) is 0 Å². The van der Waals surface area contributed by atoms with E-state index in [0.717, 1.165) is 16.7 Å². The Kier molecular flexibility index (Phi) is 4.61. The zero-order chi connectivity index (χ0) is 17.6. The fourth-order valence-electron chi connectivity index (χ4n) is 3.27. The summed E-state index contributed by atoms with van der Waals surface area (Å²) in [6, 6.07) is 3.74. The molecule has 23 heavy (non-hydrogen) atoms. The van der Waals surface area contributed by atoms with E-state index in [2.05, 4.69) is 0 Å². The molecule has 1 aliphatic rings. The van der Waals surface area contributed by atoms with Gasteiger partial charge in [0.05, 0.1) is 11.4 Å². The van der Waals surface area contributed by atoms with Crippen LogP contribution in [-0.4, -0.2) is 48.7 Å². The molecule has 1 aliphatic heterocycles. The predicted octanol–water partition coefficient (Wildman–Crippen LogP) is 2.24. The van der Waals surface area contributed by atoms with Crippen LogP contribution in [0.4, 0.5) is 0 Å². The number of amides is 1. The Morgan fingerprint density at radius 1 is 1.00 bits per heavy atom. The fraction of sp³-hybridized carbons (Fsp3) is 0.588. The average molecular weight is 338 g/mol. The van der Waals surface area contributed by atoms with E-state index >= 15 is 0 Å². The van der Waals surface area contributed by atoms with Gasteiger partial charge >= 0.3 is 0 Å². The molecule has 0 N–H and O–H groups in total. The second-order valence-electron chi connectivity index (χ2n) is 7.28. The maximum atomic E-state index is 13.0. The second kappa shape index (κ2) is 5.91. The first-order valence-electron chi connectivity index (χ1n) is 7.83. The van der Waals surface area contributed by atoms with E-state index in [1.807, 2.05) is 39.8 Å². The third-order valence-electron chi connectivity index (χ3n) is 4.20. The van der Waals surface area contributed by atoms with Crippen LogP contribution in [0.2, 0.25) is 0 Å². The number of hydrogen-bond acceptors (Lipinski definition) is 3. The Morgan fingerprint density at radius 3 is 1.96 bits per heavy atom. The molecule has 1 saturated heterocycles. The molecule has 0 radical (unpaired) electrons. The highest BCUT2D eigenvalue weighted by Gasteiger charge is 2.37. The number of carbonyl (C=O) groups is 1. The SMILES string of the molecule is Cc1cc(C)c(S(=O)(=O)N2CCN(C(C)(C)C)C(=O)C2)c(C)c1. The van der Waals surface area contributed by atoms with Crippen LogP contribution in [0.5, 0.6) is 0 Å². The van der Waals surface area contributed by atoms with E-state index in [1.165, 1.54) is 4.31 Å². The van der Waals surface area contributed by atoms with Crippen molar-refractivity contribution >= 4 is 15.9 Å². The lowest BCUT2D eigenvalue weighted by molar-refractivity contribution is -0.139. The van der Waals surface area contributed by atoms with Crippen LogP contribution in [0.1, 0.15) is 37.5 Å². The molecule has 0 saturated carbocycles. The summed E-state index contributed by atoms with van der Waals surface area (Å²) in [4.78, 5) is 14.5. The molecule has 1 heterocycles. The van der Waals surface area contributed by atoms with Crippen molar-refractivity contribution in [1.82, 2.24) is 9.21 Å². The minimum atomic E-state index is -3.66. The van der Waals surface area contributed by atoms with Gasteiger partial charge in [0, 0.05) is 18.6 Å². The summed E-state index contributed by atoms with van der Waals surface area (Å²) in [6.07, 6.45) is 0. The molecule has 0 aromatic heterocycles. The van der Waals surface area contributed by atoms with Crippen molar-refractivity contribution in [3.63, 3.8) is 0 Å². The Bertz CT molecular complexity index is 710. The standard InChI is InChI=1S/C17H26N2O3S/c1-12-9-13(2)16(14(3)10-12)23(21,22)18-7-8-19(15(20)11-18)17(4,5)6/h9-10H,7-8,11H2,1-6H3. The lowest BCUT2D eigenvalue weighted by atomic mass is 10.1.